The van der Waals surface area contributed by atoms with Crippen LogP contribution in [0.3, 0.4) is 0 Å². The fourth-order valence-electron chi connectivity index (χ4n) is 4.59. The number of carbonyl (C=O) groups is 2. The molecule has 0 radical (unpaired) electrons. The molecule has 3 aromatic rings. The van der Waals surface area contributed by atoms with Crippen molar-refractivity contribution in [1.82, 2.24) is 5.32 Å². The number of hydrogen-bond donors (Lipinski definition) is 1. The lowest BCUT2D eigenvalue weighted by Crippen LogP contribution is -2.46. The molecule has 0 aliphatic carbocycles. The molecule has 0 aromatic heterocycles. The van der Waals surface area contributed by atoms with Crippen molar-refractivity contribution >= 4 is 12.1 Å². The molecule has 1 N–H and O–H groups in total. The number of nitrogens with one attached hydrogen (secondary N) is 1. The average molecular weight is 486 g/mol. The van der Waals surface area contributed by atoms with Crippen LogP contribution in [-0.2, 0) is 33.5 Å². The van der Waals surface area contributed by atoms with Crippen LogP contribution in [0.2, 0.25) is 0 Å². The van der Waals surface area contributed by atoms with Crippen molar-refractivity contribution in [3.8, 4) is 0 Å². The number of carbonyl (C=O) groups excluding carboxylic acids is 2. The van der Waals surface area contributed by atoms with E-state index < -0.39 is 17.8 Å². The van der Waals surface area contributed by atoms with E-state index in [4.69, 9.17) is 9.47 Å². The van der Waals surface area contributed by atoms with E-state index in [0.717, 1.165) is 17.5 Å². The molecule has 5 heteroatoms. The maximum atomic E-state index is 12.8. The van der Waals surface area contributed by atoms with E-state index in [-0.39, 0.29) is 17.9 Å². The Bertz CT molecular complexity index is 1140. The maximum Gasteiger partial charge on any atom is 0.408 e. The molecule has 0 spiro atoms. The zero-order valence-electron chi connectivity index (χ0n) is 21.3. The molecular formula is C31H35NO4. The quantitative estimate of drug-likeness (QED) is 0.404. The van der Waals surface area contributed by atoms with Crippen LogP contribution in [0.1, 0.15) is 49.4 Å². The molecular weight excluding hydrogens is 450 g/mol. The van der Waals surface area contributed by atoms with E-state index in [9.17, 15) is 9.59 Å². The van der Waals surface area contributed by atoms with Crippen LogP contribution in [-0.4, -0.2) is 29.8 Å². The molecule has 1 saturated heterocycles. The Kier molecular flexibility index (Phi) is 8.09. The summed E-state index contributed by atoms with van der Waals surface area (Å²) in [5, 5.41) is 2.96. The smallest absolute Gasteiger partial charge is 0.408 e. The van der Waals surface area contributed by atoms with Gasteiger partial charge < -0.3 is 14.8 Å². The predicted octanol–water partition coefficient (Wildman–Crippen LogP) is 5.89. The van der Waals surface area contributed by atoms with E-state index >= 15 is 0 Å². The zero-order chi connectivity index (χ0) is 25.5. The molecule has 1 aliphatic heterocycles. The van der Waals surface area contributed by atoms with E-state index in [1.165, 1.54) is 11.1 Å². The summed E-state index contributed by atoms with van der Waals surface area (Å²) < 4.78 is 11.3. The number of cyclic esters (lactones) is 1. The lowest BCUT2D eigenvalue weighted by atomic mass is 9.91. The van der Waals surface area contributed by atoms with Crippen molar-refractivity contribution < 1.29 is 19.1 Å². The van der Waals surface area contributed by atoms with Gasteiger partial charge in [0, 0.05) is 6.42 Å². The fraction of sp³-hybridized carbons (Fsp3) is 0.355. The molecule has 1 amide bonds. The van der Waals surface area contributed by atoms with Gasteiger partial charge in [0.1, 0.15) is 11.7 Å². The zero-order valence-corrected chi connectivity index (χ0v) is 21.3. The van der Waals surface area contributed by atoms with Gasteiger partial charge in [-0.25, -0.2) is 4.79 Å². The van der Waals surface area contributed by atoms with E-state index in [0.29, 0.717) is 19.3 Å². The van der Waals surface area contributed by atoms with Gasteiger partial charge in [0.05, 0.1) is 12.0 Å². The summed E-state index contributed by atoms with van der Waals surface area (Å²) in [6.45, 7) is 5.49. The van der Waals surface area contributed by atoms with Crippen molar-refractivity contribution in [3.05, 3.63) is 107 Å². The lowest BCUT2D eigenvalue weighted by molar-refractivity contribution is -0.145. The first-order valence-corrected chi connectivity index (χ1v) is 12.6. The highest BCUT2D eigenvalue weighted by Gasteiger charge is 2.40. The van der Waals surface area contributed by atoms with Gasteiger partial charge in [-0.2, -0.15) is 0 Å². The highest BCUT2D eigenvalue weighted by atomic mass is 16.6. The van der Waals surface area contributed by atoms with Gasteiger partial charge in [0.2, 0.25) is 0 Å². The Balaban J connectivity index is 1.40. The summed E-state index contributed by atoms with van der Waals surface area (Å²) >= 11 is 0. The van der Waals surface area contributed by atoms with Crippen molar-refractivity contribution in [2.24, 2.45) is 5.92 Å². The number of benzene rings is 3. The summed E-state index contributed by atoms with van der Waals surface area (Å²) in [5.74, 6) is -0.453. The Morgan fingerprint density at radius 1 is 0.889 bits per heavy atom. The van der Waals surface area contributed by atoms with E-state index in [1.54, 1.807) is 0 Å². The van der Waals surface area contributed by atoms with Crippen molar-refractivity contribution in [3.63, 3.8) is 0 Å². The van der Waals surface area contributed by atoms with Gasteiger partial charge in [-0.05, 0) is 62.3 Å². The molecule has 0 unspecified atom stereocenters. The first-order chi connectivity index (χ1) is 17.2. The highest BCUT2D eigenvalue weighted by Crippen LogP contribution is 2.28. The molecule has 1 heterocycles. The number of alkyl carbamates (subject to hydrolysis) is 1. The molecule has 36 heavy (non-hydrogen) atoms. The molecule has 0 saturated carbocycles. The van der Waals surface area contributed by atoms with Gasteiger partial charge in [-0.1, -0.05) is 84.9 Å². The SMILES string of the molecule is CC(C)(C)OC(=O)N[C@@H](Cc1ccccc1)[C@H]1C[C@@H](Cc2ccc(Cc3ccccc3)cc2)C(=O)O1. The van der Waals surface area contributed by atoms with E-state index in [1.807, 2.05) is 57.2 Å². The van der Waals surface area contributed by atoms with Gasteiger partial charge in [0.25, 0.3) is 0 Å². The standard InChI is InChI=1S/C31H35NO4/c1-31(2,3)36-30(34)32-27(20-23-12-8-5-9-13-23)28-21-26(29(33)35-28)19-25-16-14-24(15-17-25)18-22-10-6-4-7-11-22/h4-17,26-28H,18-21H2,1-3H3,(H,32,34)/t26-,27+,28-/m1/s1. The Labute approximate surface area is 213 Å². The average Bonchev–Trinajstić information content (AvgIpc) is 3.20. The highest BCUT2D eigenvalue weighted by molar-refractivity contribution is 5.75. The molecule has 4 rings (SSSR count). The molecule has 1 aliphatic rings. The fourth-order valence-corrected chi connectivity index (χ4v) is 4.59. The minimum Gasteiger partial charge on any atom is -0.460 e. The Morgan fingerprint density at radius 3 is 2.06 bits per heavy atom. The van der Waals surface area contributed by atoms with Crippen LogP contribution in [0.15, 0.2) is 84.9 Å². The third-order valence-corrected chi connectivity index (χ3v) is 6.32. The number of esters is 1. The molecule has 3 aromatic carbocycles. The number of hydrogen-bond acceptors (Lipinski definition) is 4. The molecule has 188 valence electrons. The van der Waals surface area contributed by atoms with Crippen LogP contribution in [0, 0.1) is 5.92 Å². The normalized spacial score (nSPS) is 18.4. The molecule has 3 atom stereocenters. The van der Waals surface area contributed by atoms with Crippen molar-refractivity contribution in [2.45, 2.75) is 64.2 Å². The lowest BCUT2D eigenvalue weighted by Gasteiger charge is -2.26. The number of amides is 1. The number of ether oxygens (including phenoxy) is 2. The minimum absolute atomic E-state index is 0.211. The molecule has 1 fully saturated rings. The predicted molar refractivity (Wildman–Crippen MR) is 141 cm³/mol. The topological polar surface area (TPSA) is 64.6 Å². The largest absolute Gasteiger partial charge is 0.460 e. The van der Waals surface area contributed by atoms with Crippen LogP contribution in [0.25, 0.3) is 0 Å². The van der Waals surface area contributed by atoms with Gasteiger partial charge in [-0.3, -0.25) is 4.79 Å². The van der Waals surface area contributed by atoms with Crippen LogP contribution in [0.5, 0.6) is 0 Å². The summed E-state index contributed by atoms with van der Waals surface area (Å²) in [6, 6.07) is 28.3. The maximum absolute atomic E-state index is 12.8. The summed E-state index contributed by atoms with van der Waals surface area (Å²) in [7, 11) is 0. The van der Waals surface area contributed by atoms with E-state index in [2.05, 4.69) is 53.8 Å². The molecule has 5 nitrogen and oxygen atoms in total. The second-order valence-corrected chi connectivity index (χ2v) is 10.5. The third-order valence-electron chi connectivity index (χ3n) is 6.32. The summed E-state index contributed by atoms with van der Waals surface area (Å²) in [5.41, 5.74) is 4.07. The van der Waals surface area contributed by atoms with Gasteiger partial charge in [-0.15, -0.1) is 0 Å². The van der Waals surface area contributed by atoms with Crippen molar-refractivity contribution in [1.29, 1.82) is 0 Å². The summed E-state index contributed by atoms with van der Waals surface area (Å²) in [4.78, 5) is 25.4. The van der Waals surface area contributed by atoms with Gasteiger partial charge in [0.15, 0.2) is 0 Å². The van der Waals surface area contributed by atoms with Crippen LogP contribution >= 0.6 is 0 Å². The second-order valence-electron chi connectivity index (χ2n) is 10.5. The minimum atomic E-state index is -0.608. The summed E-state index contributed by atoms with van der Waals surface area (Å²) in [6.07, 6.45) is 1.69. The Morgan fingerprint density at radius 2 is 1.44 bits per heavy atom. The first kappa shape index (κ1) is 25.5. The van der Waals surface area contributed by atoms with Crippen LogP contribution < -0.4 is 5.32 Å². The first-order valence-electron chi connectivity index (χ1n) is 12.6. The second kappa shape index (κ2) is 11.4. The number of rotatable bonds is 8. The van der Waals surface area contributed by atoms with Crippen LogP contribution in [0.4, 0.5) is 4.79 Å². The van der Waals surface area contributed by atoms with Gasteiger partial charge >= 0.3 is 12.1 Å². The van der Waals surface area contributed by atoms with Crippen molar-refractivity contribution in [2.75, 3.05) is 0 Å². The Hall–Kier alpha value is -3.60. The third kappa shape index (κ3) is 7.45. The monoisotopic (exact) mass is 485 g/mol. The molecule has 0 bridgehead atoms.